The van der Waals surface area contributed by atoms with Gasteiger partial charge < -0.3 is 30.9 Å². The molecular weight excluding hydrogens is 827 g/mol. The van der Waals surface area contributed by atoms with Crippen molar-refractivity contribution >= 4 is 52.5 Å². The van der Waals surface area contributed by atoms with Crippen LogP contribution in [0.4, 0.5) is 14.5 Å². The fourth-order valence-electron chi connectivity index (χ4n) is 6.38. The third-order valence-electron chi connectivity index (χ3n) is 10.0. The van der Waals surface area contributed by atoms with E-state index < -0.39 is 23.4 Å². The van der Waals surface area contributed by atoms with Crippen LogP contribution >= 0.6 is 23.2 Å². The largest absolute Gasteiger partial charge is 0.506 e. The first-order chi connectivity index (χ1) is 29.2. The lowest BCUT2D eigenvalue weighted by molar-refractivity contribution is 0.0644. The summed E-state index contributed by atoms with van der Waals surface area (Å²) in [5, 5.41) is 28.5. The number of phenols is 2. The number of anilines is 1. The molecule has 0 spiro atoms. The Morgan fingerprint density at radius 3 is 1.46 bits per heavy atom. The van der Waals surface area contributed by atoms with Crippen molar-refractivity contribution in [3.05, 3.63) is 171 Å². The van der Waals surface area contributed by atoms with Crippen molar-refractivity contribution in [3.63, 3.8) is 0 Å². The van der Waals surface area contributed by atoms with Crippen LogP contribution in [0.2, 0.25) is 10.0 Å². The standard InChI is InChI=1S/C24H19ClFNO3.C13H9FO2.C10H11ClN2O2/c25-20-13-18(24(30)27-9-4-10-27)11-17(23(20)29)14-22(28)19-12-16(7-8-21(19)26)15-5-2-1-3-6-15;14-12-7-6-10(8-11(12)13(15)16)9-4-2-1-3-5-9;11-7-4-6(5-8(12)9(7)14)10(15)13-2-1-3-13/h1-3,5-8,11-13,29H,4,9-10,14H2;1-8H,(H,15,16);4-5,14H,1-3,12H2. The highest BCUT2D eigenvalue weighted by Gasteiger charge is 2.25. The van der Waals surface area contributed by atoms with Crippen molar-refractivity contribution in [2.24, 2.45) is 0 Å². The first-order valence-corrected chi connectivity index (χ1v) is 19.8. The monoisotopic (exact) mass is 865 g/mol. The number of rotatable bonds is 8. The van der Waals surface area contributed by atoms with Crippen molar-refractivity contribution in [3.8, 4) is 33.8 Å². The minimum Gasteiger partial charge on any atom is -0.506 e. The fourth-order valence-corrected chi connectivity index (χ4v) is 6.84. The van der Waals surface area contributed by atoms with Gasteiger partial charge >= 0.3 is 5.97 Å². The van der Waals surface area contributed by atoms with Crippen LogP contribution in [0.1, 0.15) is 59.8 Å². The Morgan fingerprint density at radius 1 is 0.574 bits per heavy atom. The number of likely N-dealkylation sites (tertiary alicyclic amines) is 2. The summed E-state index contributed by atoms with van der Waals surface area (Å²) in [6.45, 7) is 2.89. The average Bonchev–Trinajstić information content (AvgIpc) is 3.21. The molecule has 0 atom stereocenters. The highest BCUT2D eigenvalue weighted by Crippen LogP contribution is 2.33. The van der Waals surface area contributed by atoms with Crippen LogP contribution in [-0.2, 0) is 6.42 Å². The number of aromatic hydroxyl groups is 2. The van der Waals surface area contributed by atoms with Gasteiger partial charge in [-0.15, -0.1) is 0 Å². The summed E-state index contributed by atoms with van der Waals surface area (Å²) in [6, 6.07) is 32.8. The number of carbonyl (C=O) groups is 4. The highest BCUT2D eigenvalue weighted by atomic mass is 35.5. The van der Waals surface area contributed by atoms with Gasteiger partial charge in [-0.2, -0.15) is 0 Å². The number of carbonyl (C=O) groups excluding carboxylic acids is 3. The first kappa shape index (κ1) is 43.8. The molecule has 312 valence electrons. The van der Waals surface area contributed by atoms with Crippen LogP contribution in [0.3, 0.4) is 0 Å². The summed E-state index contributed by atoms with van der Waals surface area (Å²) < 4.78 is 27.6. The molecule has 0 unspecified atom stereocenters. The molecule has 0 saturated carbocycles. The number of halogens is 4. The van der Waals surface area contributed by atoms with E-state index in [0.29, 0.717) is 35.3 Å². The molecule has 10 nitrogen and oxygen atoms in total. The molecule has 2 aliphatic rings. The second kappa shape index (κ2) is 19.5. The Bertz CT molecular complexity index is 2580. The number of nitrogens with zero attached hydrogens (tertiary/aromatic N) is 2. The van der Waals surface area contributed by atoms with Crippen molar-refractivity contribution in [1.29, 1.82) is 0 Å². The zero-order chi connectivity index (χ0) is 43.8. The molecule has 2 amide bonds. The summed E-state index contributed by atoms with van der Waals surface area (Å²) in [5.74, 6) is -3.85. The normalized spacial score (nSPS) is 12.7. The van der Waals surface area contributed by atoms with Crippen LogP contribution in [0.15, 0.2) is 121 Å². The zero-order valence-corrected chi connectivity index (χ0v) is 34.0. The number of nitrogens with two attached hydrogens (primary N) is 1. The smallest absolute Gasteiger partial charge is 0.338 e. The minimum atomic E-state index is -1.25. The molecule has 8 rings (SSSR count). The lowest BCUT2D eigenvalue weighted by Crippen LogP contribution is -2.42. The minimum absolute atomic E-state index is 0.0114. The third kappa shape index (κ3) is 10.5. The highest BCUT2D eigenvalue weighted by molar-refractivity contribution is 6.33. The molecule has 2 heterocycles. The Morgan fingerprint density at radius 2 is 1.02 bits per heavy atom. The summed E-state index contributed by atoms with van der Waals surface area (Å²) >= 11 is 11.8. The van der Waals surface area contributed by atoms with Gasteiger partial charge in [-0.05, 0) is 83.6 Å². The molecule has 6 aromatic carbocycles. The molecule has 6 aromatic rings. The number of ketones is 1. The van der Waals surface area contributed by atoms with E-state index in [1.807, 2.05) is 60.7 Å². The molecule has 0 bridgehead atoms. The lowest BCUT2D eigenvalue weighted by atomic mass is 9.96. The summed E-state index contributed by atoms with van der Waals surface area (Å²) in [6.07, 6.45) is 1.70. The maximum absolute atomic E-state index is 14.4. The van der Waals surface area contributed by atoms with E-state index in [4.69, 9.17) is 34.0 Å². The maximum Gasteiger partial charge on any atom is 0.338 e. The number of carboxylic acids is 1. The molecule has 2 saturated heterocycles. The predicted molar refractivity (Wildman–Crippen MR) is 230 cm³/mol. The predicted octanol–water partition coefficient (Wildman–Crippen LogP) is 9.79. The van der Waals surface area contributed by atoms with Crippen molar-refractivity contribution in [1.82, 2.24) is 9.80 Å². The number of amides is 2. The van der Waals surface area contributed by atoms with E-state index in [0.717, 1.165) is 37.1 Å². The number of benzene rings is 6. The van der Waals surface area contributed by atoms with Gasteiger partial charge in [-0.1, -0.05) is 96.0 Å². The van der Waals surface area contributed by atoms with Gasteiger partial charge in [0.05, 0.1) is 26.9 Å². The number of phenolic OH excluding ortho intramolecular Hbond substituents is 2. The first-order valence-electron chi connectivity index (χ1n) is 19.1. The number of nitrogen functional groups attached to an aromatic ring is 1. The molecule has 2 aliphatic heterocycles. The average molecular weight is 867 g/mol. The number of hydrogen-bond donors (Lipinski definition) is 4. The Labute approximate surface area is 360 Å². The van der Waals surface area contributed by atoms with E-state index in [2.05, 4.69) is 0 Å². The molecule has 5 N–H and O–H groups in total. The number of hydrogen-bond acceptors (Lipinski definition) is 7. The fraction of sp³-hybridized carbons (Fsp3) is 0.149. The Hall–Kier alpha value is -6.76. The Balaban J connectivity index is 0.000000169. The van der Waals surface area contributed by atoms with E-state index in [9.17, 15) is 38.2 Å². The Kier molecular flexibility index (Phi) is 14.0. The van der Waals surface area contributed by atoms with Gasteiger partial charge in [0.1, 0.15) is 17.4 Å². The zero-order valence-electron chi connectivity index (χ0n) is 32.5. The van der Waals surface area contributed by atoms with Crippen molar-refractivity contribution < 1.29 is 43.3 Å². The van der Waals surface area contributed by atoms with Crippen LogP contribution in [0, 0.1) is 11.6 Å². The molecule has 14 heteroatoms. The van der Waals surface area contributed by atoms with Crippen molar-refractivity contribution in [2.45, 2.75) is 19.3 Å². The molecular formula is C47H39Cl2F2N3O7. The molecule has 61 heavy (non-hydrogen) atoms. The van der Waals surface area contributed by atoms with E-state index in [1.54, 1.807) is 21.9 Å². The summed E-state index contributed by atoms with van der Waals surface area (Å²) in [7, 11) is 0. The van der Waals surface area contributed by atoms with Crippen LogP contribution in [0.25, 0.3) is 22.3 Å². The lowest BCUT2D eigenvalue weighted by Gasteiger charge is -2.31. The number of carboxylic acid groups (broad SMARTS) is 1. The van der Waals surface area contributed by atoms with Gasteiger partial charge in [-0.25, -0.2) is 13.6 Å². The second-order valence-electron chi connectivity index (χ2n) is 14.2. The third-order valence-corrected chi connectivity index (χ3v) is 10.6. The number of Topliss-reactive ketones (excluding diaryl/α,β-unsaturated/α-hetero) is 1. The van der Waals surface area contributed by atoms with E-state index >= 15 is 0 Å². The topological polar surface area (TPSA) is 161 Å². The summed E-state index contributed by atoms with van der Waals surface area (Å²) in [5.41, 5.74) is 9.32. The van der Waals surface area contributed by atoms with Gasteiger partial charge in [0.2, 0.25) is 0 Å². The molecule has 2 fully saturated rings. The van der Waals surface area contributed by atoms with Gasteiger partial charge in [0.25, 0.3) is 11.8 Å². The van der Waals surface area contributed by atoms with E-state index in [1.165, 1.54) is 48.5 Å². The van der Waals surface area contributed by atoms with Crippen LogP contribution in [0.5, 0.6) is 11.5 Å². The van der Waals surface area contributed by atoms with E-state index in [-0.39, 0.29) is 62.2 Å². The molecule has 0 aliphatic carbocycles. The van der Waals surface area contributed by atoms with Gasteiger partial charge in [0, 0.05) is 49.3 Å². The van der Waals surface area contributed by atoms with Crippen molar-refractivity contribution in [2.75, 3.05) is 31.9 Å². The van der Waals surface area contributed by atoms with Crippen LogP contribution in [-0.4, -0.2) is 74.9 Å². The molecule has 0 aromatic heterocycles. The van der Waals surface area contributed by atoms with Crippen LogP contribution < -0.4 is 5.73 Å². The van der Waals surface area contributed by atoms with Gasteiger partial charge in [-0.3, -0.25) is 14.4 Å². The molecule has 0 radical (unpaired) electrons. The number of aromatic carboxylic acids is 1. The second-order valence-corrected chi connectivity index (χ2v) is 15.0. The summed E-state index contributed by atoms with van der Waals surface area (Å²) in [4.78, 5) is 51.3. The van der Waals surface area contributed by atoms with Gasteiger partial charge in [0.15, 0.2) is 11.5 Å². The maximum atomic E-state index is 14.4. The quantitative estimate of drug-likeness (QED) is 0.0668. The SMILES string of the molecule is Nc1cc(C(=O)N2CCC2)cc(Cl)c1O.O=C(Cc1cc(C(=O)N2CCC2)cc(Cl)c1O)c1cc(-c2ccccc2)ccc1F.O=C(O)c1cc(-c2ccccc2)ccc1F.